The number of alkyl halides is 5. The average molecular weight is 284 g/mol. The molecule has 0 aromatic heterocycles. The summed E-state index contributed by atoms with van der Waals surface area (Å²) in [6.45, 7) is 0. The zero-order valence-electron chi connectivity index (χ0n) is 9.38. The number of carboxylic acid groups (broad SMARTS) is 1. The first kappa shape index (κ1) is 15.2. The Morgan fingerprint density at radius 2 is 1.95 bits per heavy atom. The van der Waals surface area contributed by atoms with Gasteiger partial charge in [0, 0.05) is 6.42 Å². The second-order valence-electron chi connectivity index (χ2n) is 3.61. The Labute approximate surface area is 104 Å². The number of benzene rings is 1. The Hall–Kier alpha value is -1.86. The van der Waals surface area contributed by atoms with E-state index in [-0.39, 0.29) is 18.4 Å². The molecular weight excluding hydrogens is 275 g/mol. The van der Waals surface area contributed by atoms with E-state index in [1.165, 1.54) is 0 Å². The van der Waals surface area contributed by atoms with Gasteiger partial charge in [0.25, 0.3) is 6.43 Å². The second-order valence-corrected chi connectivity index (χ2v) is 3.61. The second kappa shape index (κ2) is 5.85. The van der Waals surface area contributed by atoms with E-state index < -0.39 is 30.1 Å². The van der Waals surface area contributed by atoms with Crippen LogP contribution in [0.2, 0.25) is 0 Å². The molecule has 19 heavy (non-hydrogen) atoms. The number of rotatable bonds is 5. The third-order valence-corrected chi connectivity index (χ3v) is 2.16. The number of carboxylic acids is 1. The Balaban J connectivity index is 2.97. The third-order valence-electron chi connectivity index (χ3n) is 2.16. The standard InChI is InChI=1S/C11H9F5O3/c12-10(13)7-5-6(2-4-9(17)18)1-3-8(7)19-11(14,15)16/h1,3,5,10H,2,4H2,(H,17,18). The zero-order valence-corrected chi connectivity index (χ0v) is 9.38. The molecule has 3 nitrogen and oxygen atoms in total. The molecule has 0 saturated carbocycles. The summed E-state index contributed by atoms with van der Waals surface area (Å²) >= 11 is 0. The topological polar surface area (TPSA) is 46.5 Å². The number of halogens is 5. The quantitative estimate of drug-likeness (QED) is 0.841. The molecule has 106 valence electrons. The molecule has 0 fully saturated rings. The first-order chi connectivity index (χ1) is 8.69. The molecule has 0 amide bonds. The van der Waals surface area contributed by atoms with Gasteiger partial charge in [0.2, 0.25) is 0 Å². The maximum Gasteiger partial charge on any atom is 0.573 e. The molecule has 1 aromatic carbocycles. The summed E-state index contributed by atoms with van der Waals surface area (Å²) in [5, 5.41) is 8.44. The highest BCUT2D eigenvalue weighted by Gasteiger charge is 2.33. The predicted octanol–water partition coefficient (Wildman–Crippen LogP) is 3.54. The monoisotopic (exact) mass is 284 g/mol. The number of aliphatic carboxylic acids is 1. The van der Waals surface area contributed by atoms with Gasteiger partial charge in [-0.25, -0.2) is 8.78 Å². The minimum Gasteiger partial charge on any atom is -0.481 e. The summed E-state index contributed by atoms with van der Waals surface area (Å²) in [5.41, 5.74) is -0.715. The van der Waals surface area contributed by atoms with Crippen molar-refractivity contribution < 1.29 is 36.6 Å². The van der Waals surface area contributed by atoms with Crippen LogP contribution in [0.3, 0.4) is 0 Å². The molecule has 0 aliphatic rings. The van der Waals surface area contributed by atoms with Crippen LogP contribution in [0.5, 0.6) is 5.75 Å². The van der Waals surface area contributed by atoms with E-state index in [2.05, 4.69) is 4.74 Å². The van der Waals surface area contributed by atoms with E-state index in [0.717, 1.165) is 18.2 Å². The molecular formula is C11H9F5O3. The number of aryl methyl sites for hydroxylation is 1. The lowest BCUT2D eigenvalue weighted by molar-refractivity contribution is -0.275. The van der Waals surface area contributed by atoms with E-state index in [9.17, 15) is 26.7 Å². The molecule has 0 aliphatic heterocycles. The zero-order chi connectivity index (χ0) is 14.6. The van der Waals surface area contributed by atoms with Crippen molar-refractivity contribution >= 4 is 5.97 Å². The smallest absolute Gasteiger partial charge is 0.481 e. The summed E-state index contributed by atoms with van der Waals surface area (Å²) in [6, 6.07) is 2.69. The molecule has 0 spiro atoms. The summed E-state index contributed by atoms with van der Waals surface area (Å²) in [5.74, 6) is -2.12. The number of ether oxygens (including phenoxy) is 1. The van der Waals surface area contributed by atoms with Crippen molar-refractivity contribution in [1.29, 1.82) is 0 Å². The van der Waals surface area contributed by atoms with Crippen LogP contribution >= 0.6 is 0 Å². The maximum atomic E-state index is 12.6. The van der Waals surface area contributed by atoms with E-state index in [4.69, 9.17) is 5.11 Å². The predicted molar refractivity (Wildman–Crippen MR) is 54.0 cm³/mol. The van der Waals surface area contributed by atoms with Gasteiger partial charge in [0.1, 0.15) is 5.75 Å². The fourth-order valence-corrected chi connectivity index (χ4v) is 1.39. The summed E-state index contributed by atoms with van der Waals surface area (Å²) in [7, 11) is 0. The first-order valence-corrected chi connectivity index (χ1v) is 5.07. The highest BCUT2D eigenvalue weighted by molar-refractivity contribution is 5.67. The van der Waals surface area contributed by atoms with Gasteiger partial charge in [-0.3, -0.25) is 4.79 Å². The van der Waals surface area contributed by atoms with Gasteiger partial charge in [0.15, 0.2) is 0 Å². The number of carbonyl (C=O) groups is 1. The Morgan fingerprint density at radius 1 is 1.32 bits per heavy atom. The van der Waals surface area contributed by atoms with Crippen LogP contribution in [0.25, 0.3) is 0 Å². The Bertz CT molecular complexity index is 456. The van der Waals surface area contributed by atoms with Crippen molar-refractivity contribution in [3.8, 4) is 5.75 Å². The van der Waals surface area contributed by atoms with Crippen molar-refractivity contribution in [1.82, 2.24) is 0 Å². The lowest BCUT2D eigenvalue weighted by atomic mass is 10.1. The van der Waals surface area contributed by atoms with Gasteiger partial charge in [0.05, 0.1) is 5.56 Å². The van der Waals surface area contributed by atoms with Gasteiger partial charge in [-0.15, -0.1) is 13.2 Å². The van der Waals surface area contributed by atoms with Gasteiger partial charge in [-0.1, -0.05) is 6.07 Å². The van der Waals surface area contributed by atoms with Crippen molar-refractivity contribution in [3.05, 3.63) is 29.3 Å². The minimum atomic E-state index is -5.06. The number of hydrogen-bond acceptors (Lipinski definition) is 2. The largest absolute Gasteiger partial charge is 0.573 e. The molecule has 0 saturated heterocycles. The van der Waals surface area contributed by atoms with Crippen molar-refractivity contribution in [2.24, 2.45) is 0 Å². The highest BCUT2D eigenvalue weighted by atomic mass is 19.4. The van der Waals surface area contributed by atoms with Crippen LogP contribution < -0.4 is 4.74 Å². The van der Waals surface area contributed by atoms with E-state index in [1.807, 2.05) is 0 Å². The SMILES string of the molecule is O=C(O)CCc1ccc(OC(F)(F)F)c(C(F)F)c1. The van der Waals surface area contributed by atoms with Crippen LogP contribution in [0.4, 0.5) is 22.0 Å². The molecule has 0 bridgehead atoms. The molecule has 0 aliphatic carbocycles. The number of hydrogen-bond donors (Lipinski definition) is 1. The van der Waals surface area contributed by atoms with E-state index in [0.29, 0.717) is 0 Å². The Morgan fingerprint density at radius 3 is 2.42 bits per heavy atom. The molecule has 1 N–H and O–H groups in total. The molecule has 0 radical (unpaired) electrons. The fourth-order valence-electron chi connectivity index (χ4n) is 1.39. The molecule has 0 heterocycles. The summed E-state index contributed by atoms with van der Waals surface area (Å²) in [6.07, 6.45) is -8.57. The highest BCUT2D eigenvalue weighted by Crippen LogP contribution is 2.33. The van der Waals surface area contributed by atoms with Crippen LogP contribution in [-0.4, -0.2) is 17.4 Å². The van der Waals surface area contributed by atoms with Gasteiger partial charge in [-0.05, 0) is 24.1 Å². The molecule has 8 heteroatoms. The average Bonchev–Trinajstić information content (AvgIpc) is 2.25. The van der Waals surface area contributed by atoms with Crippen LogP contribution in [0, 0.1) is 0 Å². The summed E-state index contributed by atoms with van der Waals surface area (Å²) < 4.78 is 64.7. The molecule has 0 unspecified atom stereocenters. The van der Waals surface area contributed by atoms with Crippen LogP contribution in [0.15, 0.2) is 18.2 Å². The fraction of sp³-hybridized carbons (Fsp3) is 0.364. The molecule has 1 aromatic rings. The lowest BCUT2D eigenvalue weighted by Crippen LogP contribution is -2.18. The van der Waals surface area contributed by atoms with Crippen molar-refractivity contribution in [3.63, 3.8) is 0 Å². The lowest BCUT2D eigenvalue weighted by Gasteiger charge is -2.14. The van der Waals surface area contributed by atoms with Crippen LogP contribution in [0.1, 0.15) is 24.0 Å². The maximum absolute atomic E-state index is 12.6. The van der Waals surface area contributed by atoms with Crippen LogP contribution in [-0.2, 0) is 11.2 Å². The Kier molecular flexibility index (Phi) is 4.68. The van der Waals surface area contributed by atoms with Gasteiger partial charge >= 0.3 is 12.3 Å². The van der Waals surface area contributed by atoms with Gasteiger partial charge < -0.3 is 9.84 Å². The summed E-state index contributed by atoms with van der Waals surface area (Å²) in [4.78, 5) is 10.3. The first-order valence-electron chi connectivity index (χ1n) is 5.07. The molecule has 0 atom stereocenters. The van der Waals surface area contributed by atoms with Gasteiger partial charge in [-0.2, -0.15) is 0 Å². The normalized spacial score (nSPS) is 11.7. The minimum absolute atomic E-state index is 0.0542. The van der Waals surface area contributed by atoms with Crippen molar-refractivity contribution in [2.75, 3.05) is 0 Å². The van der Waals surface area contributed by atoms with E-state index >= 15 is 0 Å². The van der Waals surface area contributed by atoms with Crippen molar-refractivity contribution in [2.45, 2.75) is 25.6 Å². The van der Waals surface area contributed by atoms with E-state index in [1.54, 1.807) is 0 Å². The molecule has 1 rings (SSSR count). The third kappa shape index (κ3) is 5.11.